The molecular formula is C18H32N2O. The van der Waals surface area contributed by atoms with Gasteiger partial charge in [0.1, 0.15) is 0 Å². The van der Waals surface area contributed by atoms with Crippen LogP contribution in [-0.4, -0.2) is 28.6 Å². The third kappa shape index (κ3) is 2.62. The Morgan fingerprint density at radius 2 is 1.86 bits per heavy atom. The molecule has 0 aromatic heterocycles. The molecule has 0 bridgehead atoms. The number of rotatable bonds is 3. The molecule has 1 N–H and O–H groups in total. The van der Waals surface area contributed by atoms with Gasteiger partial charge in [-0.25, -0.2) is 0 Å². The van der Waals surface area contributed by atoms with Crippen molar-refractivity contribution in [2.45, 2.75) is 96.8 Å². The fourth-order valence-electron chi connectivity index (χ4n) is 4.77. The summed E-state index contributed by atoms with van der Waals surface area (Å²) in [5.74, 6) is 1.04. The summed E-state index contributed by atoms with van der Waals surface area (Å²) in [5, 5.41) is 3.74. The Kier molecular flexibility index (Phi) is 3.84. The second-order valence-corrected chi connectivity index (χ2v) is 8.59. The molecule has 2 saturated carbocycles. The van der Waals surface area contributed by atoms with Crippen molar-refractivity contribution in [3.63, 3.8) is 0 Å². The molecule has 21 heavy (non-hydrogen) atoms. The minimum atomic E-state index is -0.333. The highest BCUT2D eigenvalue weighted by Crippen LogP contribution is 2.44. The molecule has 1 amide bonds. The van der Waals surface area contributed by atoms with Gasteiger partial charge in [0.05, 0.1) is 11.7 Å². The van der Waals surface area contributed by atoms with Crippen molar-refractivity contribution in [2.75, 3.05) is 0 Å². The van der Waals surface area contributed by atoms with E-state index in [0.29, 0.717) is 29.4 Å². The minimum Gasteiger partial charge on any atom is -0.322 e. The van der Waals surface area contributed by atoms with E-state index in [1.807, 2.05) is 0 Å². The van der Waals surface area contributed by atoms with Crippen LogP contribution in [0.3, 0.4) is 0 Å². The average Bonchev–Trinajstić information content (AvgIpc) is 3.11. The van der Waals surface area contributed by atoms with Gasteiger partial charge in [0.2, 0.25) is 5.91 Å². The van der Waals surface area contributed by atoms with Crippen molar-refractivity contribution in [1.82, 2.24) is 10.2 Å². The van der Waals surface area contributed by atoms with E-state index in [1.54, 1.807) is 0 Å². The summed E-state index contributed by atoms with van der Waals surface area (Å²) in [6, 6.07) is 0.457. The van der Waals surface area contributed by atoms with Crippen LogP contribution >= 0.6 is 0 Å². The molecule has 2 aliphatic carbocycles. The Morgan fingerprint density at radius 3 is 2.38 bits per heavy atom. The van der Waals surface area contributed by atoms with Gasteiger partial charge in [0.25, 0.3) is 0 Å². The first-order valence-electron chi connectivity index (χ1n) is 8.97. The predicted octanol–water partition coefficient (Wildman–Crippen LogP) is 3.68. The number of amides is 1. The summed E-state index contributed by atoms with van der Waals surface area (Å²) >= 11 is 0. The van der Waals surface area contributed by atoms with Gasteiger partial charge < -0.3 is 4.90 Å². The van der Waals surface area contributed by atoms with Crippen LogP contribution < -0.4 is 5.32 Å². The van der Waals surface area contributed by atoms with E-state index in [9.17, 15) is 4.79 Å². The van der Waals surface area contributed by atoms with Gasteiger partial charge in [-0.2, -0.15) is 0 Å². The molecule has 120 valence electrons. The van der Waals surface area contributed by atoms with Crippen molar-refractivity contribution in [2.24, 2.45) is 11.3 Å². The number of carbonyl (C=O) groups excluding carboxylic acids is 1. The molecule has 3 aliphatic rings. The molecule has 0 aromatic carbocycles. The molecular weight excluding hydrogens is 260 g/mol. The summed E-state index contributed by atoms with van der Waals surface area (Å²) in [7, 11) is 0. The summed E-state index contributed by atoms with van der Waals surface area (Å²) in [5.41, 5.74) is 0.0658. The van der Waals surface area contributed by atoms with Crippen LogP contribution in [0, 0.1) is 11.3 Å². The molecule has 3 nitrogen and oxygen atoms in total. The molecule has 1 heterocycles. The zero-order valence-electron chi connectivity index (χ0n) is 14.2. The van der Waals surface area contributed by atoms with Crippen LogP contribution in [0.1, 0.15) is 79.1 Å². The SMILES string of the molecule is CCC1(C)NC(C2CCCC2)N(C2CCC(C)(C)C2)C1=O. The standard InChI is InChI=1S/C18H32N2O/c1-5-18(4)16(21)20(14-10-11-17(2,3)12-14)15(19-18)13-8-6-7-9-13/h13-15,19H,5-12H2,1-4H3. The molecule has 0 radical (unpaired) electrons. The van der Waals surface area contributed by atoms with Gasteiger partial charge in [-0.15, -0.1) is 0 Å². The van der Waals surface area contributed by atoms with Crippen LogP contribution in [-0.2, 0) is 4.79 Å². The van der Waals surface area contributed by atoms with Crippen molar-refractivity contribution >= 4 is 5.91 Å². The van der Waals surface area contributed by atoms with Crippen LogP contribution in [0.25, 0.3) is 0 Å². The van der Waals surface area contributed by atoms with Crippen molar-refractivity contribution < 1.29 is 4.79 Å². The number of nitrogens with zero attached hydrogens (tertiary/aromatic N) is 1. The van der Waals surface area contributed by atoms with Gasteiger partial charge in [-0.3, -0.25) is 10.1 Å². The van der Waals surface area contributed by atoms with E-state index in [4.69, 9.17) is 0 Å². The highest BCUT2D eigenvalue weighted by molar-refractivity contribution is 5.88. The van der Waals surface area contributed by atoms with Gasteiger partial charge in [-0.05, 0) is 56.8 Å². The summed E-state index contributed by atoms with van der Waals surface area (Å²) in [6.07, 6.45) is 10.0. The lowest BCUT2D eigenvalue weighted by Crippen LogP contribution is -2.47. The smallest absolute Gasteiger partial charge is 0.244 e. The van der Waals surface area contributed by atoms with E-state index in [0.717, 1.165) is 6.42 Å². The monoisotopic (exact) mass is 292 g/mol. The number of nitrogens with one attached hydrogen (secondary N) is 1. The molecule has 3 fully saturated rings. The highest BCUT2D eigenvalue weighted by Gasteiger charge is 2.53. The maximum Gasteiger partial charge on any atom is 0.244 e. The van der Waals surface area contributed by atoms with Gasteiger partial charge in [-0.1, -0.05) is 33.6 Å². The van der Waals surface area contributed by atoms with Gasteiger partial charge >= 0.3 is 0 Å². The maximum atomic E-state index is 13.1. The van der Waals surface area contributed by atoms with Crippen LogP contribution in [0.5, 0.6) is 0 Å². The second kappa shape index (κ2) is 5.26. The summed E-state index contributed by atoms with van der Waals surface area (Å²) in [6.45, 7) is 8.95. The lowest BCUT2D eigenvalue weighted by atomic mass is 9.91. The van der Waals surface area contributed by atoms with Crippen LogP contribution in [0.2, 0.25) is 0 Å². The van der Waals surface area contributed by atoms with E-state index in [1.165, 1.54) is 44.9 Å². The van der Waals surface area contributed by atoms with E-state index in [2.05, 4.69) is 37.9 Å². The molecule has 1 saturated heterocycles. The average molecular weight is 292 g/mol. The number of hydrogen-bond donors (Lipinski definition) is 1. The summed E-state index contributed by atoms with van der Waals surface area (Å²) in [4.78, 5) is 15.4. The molecule has 3 unspecified atom stereocenters. The van der Waals surface area contributed by atoms with Crippen molar-refractivity contribution in [3.05, 3.63) is 0 Å². The molecule has 3 atom stereocenters. The van der Waals surface area contributed by atoms with Gasteiger partial charge in [0.15, 0.2) is 0 Å². The predicted molar refractivity (Wildman–Crippen MR) is 85.8 cm³/mol. The number of carbonyl (C=O) groups is 1. The largest absolute Gasteiger partial charge is 0.322 e. The third-order valence-electron chi connectivity index (χ3n) is 6.36. The highest BCUT2D eigenvalue weighted by atomic mass is 16.2. The van der Waals surface area contributed by atoms with Crippen molar-refractivity contribution in [3.8, 4) is 0 Å². The first-order valence-corrected chi connectivity index (χ1v) is 8.97. The summed E-state index contributed by atoms with van der Waals surface area (Å²) < 4.78 is 0. The zero-order valence-corrected chi connectivity index (χ0v) is 14.2. The fraction of sp³-hybridized carbons (Fsp3) is 0.944. The molecule has 1 aliphatic heterocycles. The molecule has 0 spiro atoms. The van der Waals surface area contributed by atoms with Crippen LogP contribution in [0.15, 0.2) is 0 Å². The third-order valence-corrected chi connectivity index (χ3v) is 6.36. The Labute approximate surface area is 129 Å². The minimum absolute atomic E-state index is 0.295. The Morgan fingerprint density at radius 1 is 1.19 bits per heavy atom. The lowest BCUT2D eigenvalue weighted by Gasteiger charge is -2.34. The normalized spacial score (nSPS) is 40.4. The first-order chi connectivity index (χ1) is 9.86. The van der Waals surface area contributed by atoms with E-state index < -0.39 is 0 Å². The molecule has 3 heteroatoms. The quantitative estimate of drug-likeness (QED) is 0.860. The second-order valence-electron chi connectivity index (χ2n) is 8.59. The van der Waals surface area contributed by atoms with Crippen molar-refractivity contribution in [1.29, 1.82) is 0 Å². The van der Waals surface area contributed by atoms with E-state index in [-0.39, 0.29) is 5.54 Å². The Hall–Kier alpha value is -0.570. The number of hydrogen-bond acceptors (Lipinski definition) is 2. The topological polar surface area (TPSA) is 32.3 Å². The van der Waals surface area contributed by atoms with E-state index >= 15 is 0 Å². The molecule has 0 aromatic rings. The Bertz CT molecular complexity index is 413. The first kappa shape index (κ1) is 15.3. The Balaban J connectivity index is 1.84. The molecule has 3 rings (SSSR count). The van der Waals surface area contributed by atoms with Crippen LogP contribution in [0.4, 0.5) is 0 Å². The fourth-order valence-corrected chi connectivity index (χ4v) is 4.77. The lowest BCUT2D eigenvalue weighted by molar-refractivity contribution is -0.135. The van der Waals surface area contributed by atoms with Gasteiger partial charge in [0, 0.05) is 6.04 Å². The zero-order chi connectivity index (χ0) is 15.3. The maximum absolute atomic E-state index is 13.1.